The van der Waals surface area contributed by atoms with Crippen molar-refractivity contribution < 1.29 is 36.2 Å². The van der Waals surface area contributed by atoms with E-state index in [1.165, 1.54) is 12.1 Å². The van der Waals surface area contributed by atoms with Crippen molar-refractivity contribution in [1.29, 1.82) is 0 Å². The summed E-state index contributed by atoms with van der Waals surface area (Å²) in [5.41, 5.74) is -1.80. The number of hydrogen-bond acceptors (Lipinski definition) is 6. The van der Waals surface area contributed by atoms with Crippen LogP contribution in [0.3, 0.4) is 0 Å². The van der Waals surface area contributed by atoms with Gasteiger partial charge in [-0.1, -0.05) is 59.6 Å². The lowest BCUT2D eigenvalue weighted by molar-refractivity contribution is -0.161. The Morgan fingerprint density at radius 1 is 1.10 bits per heavy atom. The van der Waals surface area contributed by atoms with Gasteiger partial charge in [0.15, 0.2) is 5.03 Å². The number of esters is 1. The van der Waals surface area contributed by atoms with Gasteiger partial charge in [0, 0.05) is 24.2 Å². The minimum Gasteiger partial charge on any atom is -0.512 e. The van der Waals surface area contributed by atoms with Gasteiger partial charge in [-0.15, -0.1) is 0 Å². The Morgan fingerprint density at radius 3 is 2.28 bits per heavy atom. The Labute approximate surface area is 227 Å². The zero-order chi connectivity index (χ0) is 29.2. The van der Waals surface area contributed by atoms with Crippen LogP contribution in [0, 0.1) is 5.41 Å². The Balaban J connectivity index is 2.02. The summed E-state index contributed by atoms with van der Waals surface area (Å²) in [4.78, 5) is 17.0. The van der Waals surface area contributed by atoms with E-state index in [1.54, 1.807) is 12.1 Å². The number of cyclic esters (lactones) is 1. The zero-order valence-corrected chi connectivity index (χ0v) is 23.5. The molecule has 0 bridgehead atoms. The molecular formula is C28H35F3N2O5S. The average molecular weight is 569 g/mol. The third-order valence-corrected chi connectivity index (χ3v) is 7.98. The molecule has 0 saturated heterocycles. The molecule has 0 radical (unpaired) electrons. The minimum absolute atomic E-state index is 0.0489. The highest BCUT2D eigenvalue weighted by Gasteiger charge is 2.45. The molecule has 0 fully saturated rings. The zero-order valence-electron chi connectivity index (χ0n) is 22.7. The second-order valence-corrected chi connectivity index (χ2v) is 12.6. The molecule has 3 rings (SSSR count). The molecule has 2 heterocycles. The summed E-state index contributed by atoms with van der Waals surface area (Å²) in [5.74, 6) is -1.32. The molecule has 0 spiro atoms. The fraction of sp³-hybridized carbons (Fsp3) is 0.500. The molecule has 1 aliphatic rings. The second kappa shape index (κ2) is 11.2. The lowest BCUT2D eigenvalue weighted by Gasteiger charge is -2.41. The van der Waals surface area contributed by atoms with Gasteiger partial charge < -0.3 is 9.84 Å². The first-order chi connectivity index (χ1) is 18.0. The number of aliphatic hydroxyl groups is 1. The van der Waals surface area contributed by atoms with E-state index in [0.29, 0.717) is 30.5 Å². The van der Waals surface area contributed by atoms with Crippen LogP contribution < -0.4 is 4.72 Å². The molecule has 1 aromatic heterocycles. The van der Waals surface area contributed by atoms with E-state index in [4.69, 9.17) is 4.74 Å². The number of pyridine rings is 1. The van der Waals surface area contributed by atoms with Crippen LogP contribution in [0.1, 0.15) is 83.8 Å². The lowest BCUT2D eigenvalue weighted by Crippen LogP contribution is -2.42. The average Bonchev–Trinajstić information content (AvgIpc) is 2.80. The molecule has 0 unspecified atom stereocenters. The van der Waals surface area contributed by atoms with E-state index in [0.717, 1.165) is 19.0 Å². The van der Waals surface area contributed by atoms with Crippen molar-refractivity contribution in [3.63, 3.8) is 0 Å². The van der Waals surface area contributed by atoms with Crippen molar-refractivity contribution in [2.45, 2.75) is 89.4 Å². The summed E-state index contributed by atoms with van der Waals surface area (Å²) in [6, 6.07) is 7.35. The number of benzene rings is 1. The fourth-order valence-corrected chi connectivity index (χ4v) is 6.25. The van der Waals surface area contributed by atoms with Crippen LogP contribution in [0.15, 0.2) is 59.0 Å². The van der Waals surface area contributed by atoms with Gasteiger partial charge in [0.05, 0.1) is 11.1 Å². The predicted octanol–water partition coefficient (Wildman–Crippen LogP) is 7.13. The minimum atomic E-state index is -4.73. The molecular weight excluding hydrogens is 533 g/mol. The Bertz CT molecular complexity index is 1340. The standard InChI is InChI=1S/C28H35F3N2O5S/c1-6-12-27(13-7-2)17-21(34)23(25(35)38-27)24(26(3,4)5)18-9-8-10-20(15-18)33-39(36,37)22-16-19(11-14-32-22)28(29,30)31/h8-11,14-16,24,33-34H,6-7,12-13,17H2,1-5H3/t24-/m0/s1. The van der Waals surface area contributed by atoms with E-state index in [1.807, 2.05) is 34.6 Å². The van der Waals surface area contributed by atoms with Crippen molar-refractivity contribution in [3.05, 3.63) is 65.1 Å². The van der Waals surface area contributed by atoms with Crippen molar-refractivity contribution in [3.8, 4) is 0 Å². The molecule has 2 N–H and O–H groups in total. The molecule has 2 aromatic rings. The molecule has 0 amide bonds. The van der Waals surface area contributed by atoms with Gasteiger partial charge in [-0.3, -0.25) is 4.72 Å². The molecule has 1 atom stereocenters. The predicted molar refractivity (Wildman–Crippen MR) is 142 cm³/mol. The third-order valence-electron chi connectivity index (χ3n) is 6.71. The van der Waals surface area contributed by atoms with Crippen molar-refractivity contribution >= 4 is 21.7 Å². The van der Waals surface area contributed by atoms with Crippen LogP contribution in [0.25, 0.3) is 0 Å². The second-order valence-electron chi connectivity index (χ2n) is 11.0. The molecule has 0 saturated carbocycles. The number of hydrogen-bond donors (Lipinski definition) is 2. The van der Waals surface area contributed by atoms with Gasteiger partial charge in [0.2, 0.25) is 0 Å². The number of anilines is 1. The molecule has 1 aromatic carbocycles. The van der Waals surface area contributed by atoms with Gasteiger partial charge in [-0.2, -0.15) is 21.6 Å². The molecule has 11 heteroatoms. The number of rotatable bonds is 9. The fourth-order valence-electron chi connectivity index (χ4n) is 5.23. The van der Waals surface area contributed by atoms with Crippen LogP contribution in [-0.2, 0) is 25.7 Å². The monoisotopic (exact) mass is 568 g/mol. The van der Waals surface area contributed by atoms with Gasteiger partial charge in [0.25, 0.3) is 10.0 Å². The van der Waals surface area contributed by atoms with Crippen LogP contribution in [0.4, 0.5) is 18.9 Å². The molecule has 1 aliphatic heterocycles. The van der Waals surface area contributed by atoms with Crippen molar-refractivity contribution in [1.82, 2.24) is 4.98 Å². The number of aliphatic hydroxyl groups excluding tert-OH is 1. The number of nitrogens with zero attached hydrogens (tertiary/aromatic N) is 1. The summed E-state index contributed by atoms with van der Waals surface area (Å²) >= 11 is 0. The van der Waals surface area contributed by atoms with E-state index in [-0.39, 0.29) is 23.4 Å². The van der Waals surface area contributed by atoms with Gasteiger partial charge in [-0.05, 0) is 48.1 Å². The first-order valence-corrected chi connectivity index (χ1v) is 14.3. The Kier molecular flexibility index (Phi) is 8.74. The van der Waals surface area contributed by atoms with E-state index >= 15 is 0 Å². The van der Waals surface area contributed by atoms with E-state index < -0.39 is 49.7 Å². The summed E-state index contributed by atoms with van der Waals surface area (Å²) < 4.78 is 73.4. The highest BCUT2D eigenvalue weighted by Crippen LogP contribution is 2.47. The first kappa shape index (κ1) is 30.5. The maximum atomic E-state index is 13.4. The van der Waals surface area contributed by atoms with Crippen LogP contribution >= 0.6 is 0 Å². The maximum Gasteiger partial charge on any atom is 0.416 e. The normalized spacial score (nSPS) is 17.1. The highest BCUT2D eigenvalue weighted by atomic mass is 32.2. The molecule has 0 aliphatic carbocycles. The quantitative estimate of drug-likeness (QED) is 0.312. The number of ether oxygens (including phenoxy) is 1. The summed E-state index contributed by atoms with van der Waals surface area (Å²) in [5, 5.41) is 10.4. The van der Waals surface area contributed by atoms with E-state index in [9.17, 15) is 31.5 Å². The molecule has 39 heavy (non-hydrogen) atoms. The molecule has 7 nitrogen and oxygen atoms in total. The van der Waals surface area contributed by atoms with Crippen LogP contribution in [0.5, 0.6) is 0 Å². The number of carbonyl (C=O) groups excluding carboxylic acids is 1. The smallest absolute Gasteiger partial charge is 0.416 e. The number of alkyl halides is 3. The van der Waals surface area contributed by atoms with Gasteiger partial charge in [-0.25, -0.2) is 9.78 Å². The van der Waals surface area contributed by atoms with Crippen molar-refractivity contribution in [2.24, 2.45) is 5.41 Å². The first-order valence-electron chi connectivity index (χ1n) is 12.8. The summed E-state index contributed by atoms with van der Waals surface area (Å²) in [6.45, 7) is 9.62. The summed E-state index contributed by atoms with van der Waals surface area (Å²) in [6.07, 6.45) is -0.970. The SMILES string of the molecule is CCCC1(CCC)CC(O)=C([C@H](c2cccc(NS(=O)(=O)c3cc(C(F)(F)F)ccn3)c2)C(C)(C)C)C(=O)O1. The topological polar surface area (TPSA) is 106 Å². The Morgan fingerprint density at radius 2 is 1.74 bits per heavy atom. The van der Waals surface area contributed by atoms with Crippen molar-refractivity contribution in [2.75, 3.05) is 4.72 Å². The number of sulfonamides is 1. The highest BCUT2D eigenvalue weighted by molar-refractivity contribution is 7.92. The Hall–Kier alpha value is -3.08. The summed E-state index contributed by atoms with van der Waals surface area (Å²) in [7, 11) is -4.46. The molecule has 214 valence electrons. The largest absolute Gasteiger partial charge is 0.512 e. The number of aromatic nitrogens is 1. The third kappa shape index (κ3) is 6.93. The van der Waals surface area contributed by atoms with Crippen LogP contribution in [-0.4, -0.2) is 30.1 Å². The van der Waals surface area contributed by atoms with Crippen LogP contribution in [0.2, 0.25) is 0 Å². The van der Waals surface area contributed by atoms with E-state index in [2.05, 4.69) is 9.71 Å². The number of nitrogens with one attached hydrogen (secondary N) is 1. The van der Waals surface area contributed by atoms with Gasteiger partial charge >= 0.3 is 12.1 Å². The number of carbonyl (C=O) groups is 1. The maximum absolute atomic E-state index is 13.4. The van der Waals surface area contributed by atoms with Gasteiger partial charge in [0.1, 0.15) is 11.4 Å². The number of halogens is 3. The lowest BCUT2D eigenvalue weighted by atomic mass is 9.70.